The third-order valence-corrected chi connectivity index (χ3v) is 6.92. The van der Waals surface area contributed by atoms with Crippen molar-refractivity contribution < 1.29 is 28.4 Å². The van der Waals surface area contributed by atoms with Crippen molar-refractivity contribution in [2.24, 2.45) is 5.92 Å². The molecule has 2 heterocycles. The van der Waals surface area contributed by atoms with Crippen molar-refractivity contribution in [3.05, 3.63) is 102 Å². The predicted molar refractivity (Wildman–Crippen MR) is 155 cm³/mol. The molecule has 0 aliphatic carbocycles. The van der Waals surface area contributed by atoms with Crippen LogP contribution in [0.2, 0.25) is 0 Å². The molecule has 0 radical (unpaired) electrons. The number of Topliss-reactive ketones (excluding diaryl/α,β-unsaturated/α-hetero) is 1. The fourth-order valence-electron chi connectivity index (χ4n) is 4.69. The largest absolute Gasteiger partial charge is 0.467 e. The van der Waals surface area contributed by atoms with Gasteiger partial charge in [-0.3, -0.25) is 24.0 Å². The van der Waals surface area contributed by atoms with E-state index < -0.39 is 41.5 Å². The van der Waals surface area contributed by atoms with Gasteiger partial charge in [0.15, 0.2) is 0 Å². The van der Waals surface area contributed by atoms with Gasteiger partial charge < -0.3 is 25.7 Å². The van der Waals surface area contributed by atoms with Crippen LogP contribution >= 0.6 is 0 Å². The Labute approximate surface area is 243 Å². The monoisotopic (exact) mass is 570 g/mol. The first kappa shape index (κ1) is 30.0. The molecule has 1 aliphatic heterocycles. The molecule has 4 N–H and O–H groups in total. The molecular weight excluding hydrogens is 536 g/mol. The van der Waals surface area contributed by atoms with Gasteiger partial charge in [0, 0.05) is 25.0 Å². The summed E-state index contributed by atoms with van der Waals surface area (Å²) >= 11 is 0. The Morgan fingerprint density at radius 2 is 1.67 bits per heavy atom. The molecule has 0 bridgehead atoms. The number of amides is 4. The lowest BCUT2D eigenvalue weighted by Gasteiger charge is -2.27. The Morgan fingerprint density at radius 3 is 2.36 bits per heavy atom. The van der Waals surface area contributed by atoms with E-state index in [1.54, 1.807) is 18.2 Å². The summed E-state index contributed by atoms with van der Waals surface area (Å²) in [6.45, 7) is 0.522. The van der Waals surface area contributed by atoms with E-state index in [4.69, 9.17) is 4.42 Å². The van der Waals surface area contributed by atoms with Gasteiger partial charge in [-0.15, -0.1) is 0 Å². The molecule has 4 rings (SSSR count). The lowest BCUT2D eigenvalue weighted by molar-refractivity contribution is -0.141. The van der Waals surface area contributed by atoms with Crippen LogP contribution in [-0.4, -0.2) is 48.0 Å². The highest BCUT2D eigenvalue weighted by molar-refractivity contribution is 6.38. The summed E-state index contributed by atoms with van der Waals surface area (Å²) in [7, 11) is 0. The number of carbonyl (C=O) groups excluding carboxylic acids is 5. The summed E-state index contributed by atoms with van der Waals surface area (Å²) in [4.78, 5) is 65.0. The van der Waals surface area contributed by atoms with Gasteiger partial charge in [0.1, 0.15) is 11.8 Å². The van der Waals surface area contributed by atoms with E-state index in [1.165, 1.54) is 12.3 Å². The summed E-state index contributed by atoms with van der Waals surface area (Å²) in [5, 5.41) is 10.7. The molecule has 1 aromatic heterocycles. The van der Waals surface area contributed by atoms with Crippen LogP contribution in [0.4, 0.5) is 0 Å². The topological polar surface area (TPSA) is 147 Å². The zero-order valence-corrected chi connectivity index (χ0v) is 23.1. The minimum atomic E-state index is -1.28. The number of benzene rings is 2. The molecule has 218 valence electrons. The fraction of sp³-hybridized carbons (Fsp3) is 0.281. The highest BCUT2D eigenvalue weighted by atomic mass is 16.3. The lowest BCUT2D eigenvalue weighted by Crippen LogP contribution is -2.55. The van der Waals surface area contributed by atoms with Gasteiger partial charge in [0.05, 0.1) is 18.8 Å². The molecule has 0 saturated carbocycles. The molecule has 0 unspecified atom stereocenters. The standard InChI is InChI=1S/C32H34N4O6/c37-28(16-15-22-9-3-1-4-10-22)35-27(19-23-11-5-2-6-12-23)31(40)36-26(20-24-13-7-17-33-30(24)39)29(38)32(41)34-21-25-14-8-18-42-25/h1-6,8-12,14-16,18,24,26-27H,7,13,17,19-21H2,(H,33,39)(H,34,41)(H,35,37)(H,36,40)/b16-15+/t24-,26-,27-/m0/s1. The SMILES string of the molecule is O=C(/C=C/c1ccccc1)N[C@@H](Cc1ccccc1)C(=O)N[C@@H](C[C@@H]1CCCNC1=O)C(=O)C(=O)NCc1ccco1. The van der Waals surface area contributed by atoms with E-state index in [1.807, 2.05) is 60.7 Å². The fourth-order valence-corrected chi connectivity index (χ4v) is 4.69. The Balaban J connectivity index is 1.50. The Morgan fingerprint density at radius 1 is 0.929 bits per heavy atom. The molecule has 10 nitrogen and oxygen atoms in total. The number of hydrogen-bond acceptors (Lipinski definition) is 6. The molecule has 10 heteroatoms. The van der Waals surface area contributed by atoms with Gasteiger partial charge in [0.25, 0.3) is 5.91 Å². The lowest BCUT2D eigenvalue weighted by atomic mass is 9.89. The second-order valence-electron chi connectivity index (χ2n) is 10.0. The molecule has 1 aliphatic rings. The van der Waals surface area contributed by atoms with E-state index in [-0.39, 0.29) is 25.3 Å². The van der Waals surface area contributed by atoms with Crippen LogP contribution in [-0.2, 0) is 36.9 Å². The van der Waals surface area contributed by atoms with Crippen LogP contribution in [0, 0.1) is 5.92 Å². The first-order chi connectivity index (χ1) is 20.4. The average molecular weight is 571 g/mol. The van der Waals surface area contributed by atoms with Gasteiger partial charge in [-0.1, -0.05) is 60.7 Å². The van der Waals surface area contributed by atoms with E-state index in [9.17, 15) is 24.0 Å². The van der Waals surface area contributed by atoms with Gasteiger partial charge >= 0.3 is 0 Å². The molecule has 2 aromatic carbocycles. The molecule has 4 amide bonds. The number of hydrogen-bond donors (Lipinski definition) is 4. The maximum absolute atomic E-state index is 13.6. The van der Waals surface area contributed by atoms with Crippen molar-refractivity contribution in [2.45, 2.75) is 44.3 Å². The molecule has 3 aromatic rings. The number of ketones is 1. The number of nitrogens with one attached hydrogen (secondary N) is 4. The van der Waals surface area contributed by atoms with Crippen LogP contribution in [0.15, 0.2) is 89.6 Å². The van der Waals surface area contributed by atoms with Gasteiger partial charge in [-0.05, 0) is 48.6 Å². The van der Waals surface area contributed by atoms with Crippen molar-refractivity contribution in [2.75, 3.05) is 6.54 Å². The first-order valence-electron chi connectivity index (χ1n) is 13.9. The van der Waals surface area contributed by atoms with Crippen molar-refractivity contribution in [1.82, 2.24) is 21.3 Å². The molecule has 3 atom stereocenters. The zero-order chi connectivity index (χ0) is 29.7. The van der Waals surface area contributed by atoms with E-state index >= 15 is 0 Å². The third kappa shape index (κ3) is 9.02. The Bertz CT molecular complexity index is 1390. The van der Waals surface area contributed by atoms with E-state index in [0.717, 1.165) is 17.5 Å². The normalized spacial score (nSPS) is 16.2. The smallest absolute Gasteiger partial charge is 0.289 e. The summed E-state index contributed by atoms with van der Waals surface area (Å²) in [5.74, 6) is -3.28. The van der Waals surface area contributed by atoms with Crippen LogP contribution in [0.1, 0.15) is 36.1 Å². The zero-order valence-electron chi connectivity index (χ0n) is 23.1. The van der Waals surface area contributed by atoms with Crippen LogP contribution in [0.25, 0.3) is 6.08 Å². The maximum Gasteiger partial charge on any atom is 0.289 e. The molecular formula is C32H34N4O6. The molecule has 1 saturated heterocycles. The van der Waals surface area contributed by atoms with E-state index in [0.29, 0.717) is 18.7 Å². The molecule has 0 spiro atoms. The predicted octanol–water partition coefficient (Wildman–Crippen LogP) is 2.31. The van der Waals surface area contributed by atoms with Gasteiger partial charge in [-0.2, -0.15) is 0 Å². The van der Waals surface area contributed by atoms with Crippen molar-refractivity contribution in [1.29, 1.82) is 0 Å². The second-order valence-corrected chi connectivity index (χ2v) is 10.0. The van der Waals surface area contributed by atoms with Crippen LogP contribution in [0.3, 0.4) is 0 Å². The summed E-state index contributed by atoms with van der Waals surface area (Å²) < 4.78 is 5.20. The van der Waals surface area contributed by atoms with Crippen LogP contribution in [0.5, 0.6) is 0 Å². The number of rotatable bonds is 13. The first-order valence-corrected chi connectivity index (χ1v) is 13.9. The average Bonchev–Trinajstić information content (AvgIpc) is 3.54. The minimum Gasteiger partial charge on any atom is -0.467 e. The van der Waals surface area contributed by atoms with Gasteiger partial charge in [-0.25, -0.2) is 0 Å². The Hall–Kier alpha value is -4.99. The van der Waals surface area contributed by atoms with Gasteiger partial charge in [0.2, 0.25) is 23.5 Å². The summed E-state index contributed by atoms with van der Waals surface area (Å²) in [5.41, 5.74) is 1.60. The number of furan rings is 1. The van der Waals surface area contributed by atoms with E-state index in [2.05, 4.69) is 21.3 Å². The Kier molecular flexibility index (Phi) is 10.8. The van der Waals surface area contributed by atoms with Crippen LogP contribution < -0.4 is 21.3 Å². The second kappa shape index (κ2) is 15.1. The number of piperidine rings is 1. The minimum absolute atomic E-state index is 0.0113. The van der Waals surface area contributed by atoms with Crippen molar-refractivity contribution in [3.63, 3.8) is 0 Å². The van der Waals surface area contributed by atoms with Crippen molar-refractivity contribution in [3.8, 4) is 0 Å². The highest BCUT2D eigenvalue weighted by Gasteiger charge is 2.34. The molecule has 42 heavy (non-hydrogen) atoms. The summed E-state index contributed by atoms with van der Waals surface area (Å²) in [6.07, 6.45) is 5.74. The number of carbonyl (C=O) groups is 5. The molecule has 1 fully saturated rings. The highest BCUT2D eigenvalue weighted by Crippen LogP contribution is 2.18. The third-order valence-electron chi connectivity index (χ3n) is 6.92. The van der Waals surface area contributed by atoms with Crippen molar-refractivity contribution >= 4 is 35.5 Å². The quantitative estimate of drug-likeness (QED) is 0.183. The summed E-state index contributed by atoms with van der Waals surface area (Å²) in [6, 6.07) is 19.3. The maximum atomic E-state index is 13.6.